The second kappa shape index (κ2) is 3.90. The minimum atomic E-state index is 0.0624. The van der Waals surface area contributed by atoms with Crippen molar-refractivity contribution in [3.8, 4) is 5.75 Å². The van der Waals surface area contributed by atoms with Crippen molar-refractivity contribution in [1.82, 2.24) is 5.16 Å². The molecule has 1 unspecified atom stereocenters. The molecule has 0 aliphatic heterocycles. The Kier molecular flexibility index (Phi) is 2.60. The van der Waals surface area contributed by atoms with E-state index in [9.17, 15) is 0 Å². The maximum atomic E-state index is 5.73. The van der Waals surface area contributed by atoms with Gasteiger partial charge < -0.3 is 15.0 Å². The van der Waals surface area contributed by atoms with Crippen molar-refractivity contribution in [3.63, 3.8) is 0 Å². The van der Waals surface area contributed by atoms with Gasteiger partial charge >= 0.3 is 0 Å². The average Bonchev–Trinajstić information content (AvgIpc) is 2.61. The topological polar surface area (TPSA) is 61.3 Å². The van der Waals surface area contributed by atoms with Crippen molar-refractivity contribution < 1.29 is 9.26 Å². The fourth-order valence-electron chi connectivity index (χ4n) is 1.60. The van der Waals surface area contributed by atoms with Gasteiger partial charge in [0.25, 0.3) is 0 Å². The van der Waals surface area contributed by atoms with E-state index in [1.54, 1.807) is 7.11 Å². The van der Waals surface area contributed by atoms with Crippen LogP contribution in [0.1, 0.15) is 12.7 Å². The van der Waals surface area contributed by atoms with E-state index in [4.69, 9.17) is 15.0 Å². The summed E-state index contributed by atoms with van der Waals surface area (Å²) >= 11 is 0. The Labute approximate surface area is 88.0 Å². The van der Waals surface area contributed by atoms with Gasteiger partial charge in [0, 0.05) is 17.8 Å². The van der Waals surface area contributed by atoms with Gasteiger partial charge in [-0.15, -0.1) is 0 Å². The summed E-state index contributed by atoms with van der Waals surface area (Å²) in [4.78, 5) is 0. The highest BCUT2D eigenvalue weighted by atomic mass is 16.5. The third-order valence-corrected chi connectivity index (χ3v) is 2.27. The van der Waals surface area contributed by atoms with Crippen molar-refractivity contribution in [3.05, 3.63) is 24.0 Å². The zero-order chi connectivity index (χ0) is 10.8. The average molecular weight is 206 g/mol. The summed E-state index contributed by atoms with van der Waals surface area (Å²) in [6.45, 7) is 1.94. The minimum absolute atomic E-state index is 0.0624. The molecule has 0 saturated carbocycles. The monoisotopic (exact) mass is 206 g/mol. The number of nitrogens with two attached hydrogens (primary N) is 1. The SMILES string of the molecule is COc1cccc2c(CC(C)N)onc12. The highest BCUT2D eigenvalue weighted by molar-refractivity contribution is 5.86. The molecule has 0 bridgehead atoms. The standard InChI is InChI=1S/C11H14N2O2/c1-7(12)6-10-8-4-3-5-9(14-2)11(8)13-15-10/h3-5,7H,6,12H2,1-2H3. The lowest BCUT2D eigenvalue weighted by Gasteiger charge is -2.01. The van der Waals surface area contributed by atoms with Crippen molar-refractivity contribution >= 4 is 10.9 Å². The molecule has 1 heterocycles. The maximum Gasteiger partial charge on any atom is 0.156 e. The highest BCUT2D eigenvalue weighted by Crippen LogP contribution is 2.27. The van der Waals surface area contributed by atoms with Crippen LogP contribution >= 0.6 is 0 Å². The number of fused-ring (bicyclic) bond motifs is 1. The number of aromatic nitrogens is 1. The van der Waals surface area contributed by atoms with E-state index in [1.807, 2.05) is 25.1 Å². The number of rotatable bonds is 3. The summed E-state index contributed by atoms with van der Waals surface area (Å²) < 4.78 is 10.5. The van der Waals surface area contributed by atoms with Crippen LogP contribution in [-0.2, 0) is 6.42 Å². The molecular formula is C11H14N2O2. The molecule has 0 aliphatic carbocycles. The molecule has 2 aromatic rings. The zero-order valence-corrected chi connectivity index (χ0v) is 8.86. The molecule has 4 heteroatoms. The second-order valence-corrected chi connectivity index (χ2v) is 3.64. The molecule has 0 amide bonds. The van der Waals surface area contributed by atoms with Gasteiger partial charge in [-0.1, -0.05) is 11.2 Å². The summed E-state index contributed by atoms with van der Waals surface area (Å²) in [5.74, 6) is 1.55. The number of methoxy groups -OCH3 is 1. The van der Waals surface area contributed by atoms with Crippen LogP contribution in [0.4, 0.5) is 0 Å². The lowest BCUT2D eigenvalue weighted by molar-refractivity contribution is 0.378. The van der Waals surface area contributed by atoms with E-state index in [0.29, 0.717) is 6.42 Å². The van der Waals surface area contributed by atoms with E-state index < -0.39 is 0 Å². The number of hydrogen-bond donors (Lipinski definition) is 1. The number of benzene rings is 1. The van der Waals surface area contributed by atoms with Gasteiger partial charge in [0.1, 0.15) is 11.5 Å². The number of nitrogens with zero attached hydrogens (tertiary/aromatic N) is 1. The predicted octanol–water partition coefficient (Wildman–Crippen LogP) is 1.73. The van der Waals surface area contributed by atoms with Gasteiger partial charge in [-0.2, -0.15) is 0 Å². The van der Waals surface area contributed by atoms with Crippen molar-refractivity contribution in [2.24, 2.45) is 5.73 Å². The summed E-state index contributed by atoms with van der Waals surface area (Å²) in [5.41, 5.74) is 6.49. The van der Waals surface area contributed by atoms with Crippen molar-refractivity contribution in [1.29, 1.82) is 0 Å². The van der Waals surface area contributed by atoms with E-state index in [2.05, 4.69) is 5.16 Å². The second-order valence-electron chi connectivity index (χ2n) is 3.64. The normalized spacial score (nSPS) is 13.0. The van der Waals surface area contributed by atoms with Gasteiger partial charge in [-0.25, -0.2) is 0 Å². The van der Waals surface area contributed by atoms with Gasteiger partial charge in [-0.3, -0.25) is 0 Å². The van der Waals surface area contributed by atoms with Crippen LogP contribution < -0.4 is 10.5 Å². The number of hydrogen-bond acceptors (Lipinski definition) is 4. The first-order valence-corrected chi connectivity index (χ1v) is 4.89. The summed E-state index contributed by atoms with van der Waals surface area (Å²) in [6, 6.07) is 5.81. The number of ether oxygens (including phenoxy) is 1. The van der Waals surface area contributed by atoms with Gasteiger partial charge in [-0.05, 0) is 19.1 Å². The van der Waals surface area contributed by atoms with Crippen LogP contribution in [-0.4, -0.2) is 18.3 Å². The van der Waals surface area contributed by atoms with E-state index >= 15 is 0 Å². The zero-order valence-electron chi connectivity index (χ0n) is 8.86. The van der Waals surface area contributed by atoms with Crippen LogP contribution in [0.5, 0.6) is 5.75 Å². The van der Waals surface area contributed by atoms with Crippen molar-refractivity contribution in [2.45, 2.75) is 19.4 Å². The first-order valence-electron chi connectivity index (χ1n) is 4.89. The maximum absolute atomic E-state index is 5.73. The van der Waals surface area contributed by atoms with E-state index in [0.717, 1.165) is 22.4 Å². The summed E-state index contributed by atoms with van der Waals surface area (Å²) in [5, 5.41) is 4.97. The Hall–Kier alpha value is -1.55. The van der Waals surface area contributed by atoms with Gasteiger partial charge in [0.05, 0.1) is 7.11 Å². The molecule has 1 atom stereocenters. The lowest BCUT2D eigenvalue weighted by atomic mass is 10.1. The Morgan fingerprint density at radius 1 is 1.53 bits per heavy atom. The predicted molar refractivity (Wildman–Crippen MR) is 57.9 cm³/mol. The van der Waals surface area contributed by atoms with E-state index in [1.165, 1.54) is 0 Å². The molecule has 1 aromatic heterocycles. The Balaban J connectivity index is 2.51. The molecule has 4 nitrogen and oxygen atoms in total. The molecule has 80 valence electrons. The first kappa shape index (κ1) is 9.98. The summed E-state index contributed by atoms with van der Waals surface area (Å²) in [6.07, 6.45) is 0.684. The van der Waals surface area contributed by atoms with Crippen LogP contribution in [0.2, 0.25) is 0 Å². The summed E-state index contributed by atoms with van der Waals surface area (Å²) in [7, 11) is 1.62. The minimum Gasteiger partial charge on any atom is -0.494 e. The Bertz CT molecular complexity index is 463. The fraction of sp³-hybridized carbons (Fsp3) is 0.364. The smallest absolute Gasteiger partial charge is 0.156 e. The van der Waals surface area contributed by atoms with Crippen LogP contribution in [0.3, 0.4) is 0 Å². The van der Waals surface area contributed by atoms with Crippen LogP contribution in [0.25, 0.3) is 10.9 Å². The molecule has 2 rings (SSSR count). The third-order valence-electron chi connectivity index (χ3n) is 2.27. The van der Waals surface area contributed by atoms with Gasteiger partial charge in [0.15, 0.2) is 5.52 Å². The quantitative estimate of drug-likeness (QED) is 0.830. The molecule has 0 saturated heterocycles. The first-order chi connectivity index (χ1) is 7.22. The molecule has 2 N–H and O–H groups in total. The Morgan fingerprint density at radius 2 is 2.33 bits per heavy atom. The molecule has 0 spiro atoms. The molecule has 0 aliphatic rings. The van der Waals surface area contributed by atoms with Gasteiger partial charge in [0.2, 0.25) is 0 Å². The third kappa shape index (κ3) is 1.80. The van der Waals surface area contributed by atoms with Crippen LogP contribution in [0, 0.1) is 0 Å². The van der Waals surface area contributed by atoms with E-state index in [-0.39, 0.29) is 6.04 Å². The molecule has 15 heavy (non-hydrogen) atoms. The van der Waals surface area contributed by atoms with Crippen LogP contribution in [0.15, 0.2) is 22.7 Å². The molecule has 0 radical (unpaired) electrons. The lowest BCUT2D eigenvalue weighted by Crippen LogP contribution is -2.17. The Morgan fingerprint density at radius 3 is 3.00 bits per heavy atom. The highest BCUT2D eigenvalue weighted by Gasteiger charge is 2.12. The largest absolute Gasteiger partial charge is 0.494 e. The van der Waals surface area contributed by atoms with Crippen molar-refractivity contribution in [2.75, 3.05) is 7.11 Å². The molecule has 0 fully saturated rings. The molecule has 1 aromatic carbocycles. The fourth-order valence-corrected chi connectivity index (χ4v) is 1.60. The molecular weight excluding hydrogens is 192 g/mol.